The molecular weight excluding hydrogens is 404 g/mol. The molecule has 0 bridgehead atoms. The molecule has 0 fully saturated rings. The lowest BCUT2D eigenvalue weighted by molar-refractivity contribution is -0.112. The summed E-state index contributed by atoms with van der Waals surface area (Å²) in [6.07, 6.45) is 1.45. The van der Waals surface area contributed by atoms with E-state index < -0.39 is 5.91 Å². The van der Waals surface area contributed by atoms with Crippen LogP contribution < -0.4 is 5.32 Å². The summed E-state index contributed by atoms with van der Waals surface area (Å²) in [6.45, 7) is 3.90. The van der Waals surface area contributed by atoms with Gasteiger partial charge >= 0.3 is 0 Å². The summed E-state index contributed by atoms with van der Waals surface area (Å²) in [5.41, 5.74) is 3.62. The zero-order valence-corrected chi connectivity index (χ0v) is 16.5. The normalized spacial score (nSPS) is 11.1. The lowest BCUT2D eigenvalue weighted by atomic mass is 10.1. The minimum Gasteiger partial charge on any atom is -0.457 e. The van der Waals surface area contributed by atoms with Crippen LogP contribution in [0.15, 0.2) is 69.1 Å². The number of rotatable bonds is 4. The summed E-state index contributed by atoms with van der Waals surface area (Å²) >= 11 is 3.40. The minimum atomic E-state index is -0.467. The Balaban J connectivity index is 1.81. The number of halogens is 1. The van der Waals surface area contributed by atoms with Gasteiger partial charge in [-0.2, -0.15) is 5.26 Å². The quantitative estimate of drug-likeness (QED) is 0.423. The van der Waals surface area contributed by atoms with Crippen molar-refractivity contribution in [1.29, 1.82) is 5.26 Å². The van der Waals surface area contributed by atoms with Crippen LogP contribution in [0, 0.1) is 25.2 Å². The number of carbonyl (C=O) groups excluding carboxylic acids is 1. The van der Waals surface area contributed by atoms with Crippen LogP contribution >= 0.6 is 15.9 Å². The highest BCUT2D eigenvalue weighted by Crippen LogP contribution is 2.25. The second kappa shape index (κ2) is 8.07. The van der Waals surface area contributed by atoms with Gasteiger partial charge in [0.15, 0.2) is 0 Å². The molecule has 0 aliphatic rings. The molecule has 3 rings (SSSR count). The van der Waals surface area contributed by atoms with E-state index in [2.05, 4.69) is 21.2 Å². The van der Waals surface area contributed by atoms with Crippen molar-refractivity contribution in [2.24, 2.45) is 0 Å². The standard InChI is InChI=1S/C22H17BrN2O2/c1-14-3-9-20(15(2)11-14)25-22(26)17(13-24)12-19-8-10-21(27-19)16-4-6-18(23)7-5-16/h3-12H,1-2H3,(H,25,26)/b17-12+. The van der Waals surface area contributed by atoms with Gasteiger partial charge < -0.3 is 9.73 Å². The maximum atomic E-state index is 12.5. The largest absolute Gasteiger partial charge is 0.457 e. The lowest BCUT2D eigenvalue weighted by Gasteiger charge is -2.08. The van der Waals surface area contributed by atoms with E-state index in [4.69, 9.17) is 4.42 Å². The van der Waals surface area contributed by atoms with E-state index in [0.29, 0.717) is 17.2 Å². The minimum absolute atomic E-state index is 0.0216. The molecule has 0 saturated heterocycles. The predicted molar refractivity (Wildman–Crippen MR) is 110 cm³/mol. The molecule has 1 aromatic heterocycles. The third kappa shape index (κ3) is 4.55. The van der Waals surface area contributed by atoms with Crippen LogP contribution in [0.25, 0.3) is 17.4 Å². The van der Waals surface area contributed by atoms with Crippen molar-refractivity contribution >= 4 is 33.6 Å². The number of benzene rings is 2. The fourth-order valence-corrected chi connectivity index (χ4v) is 2.90. The van der Waals surface area contributed by atoms with Crippen molar-refractivity contribution < 1.29 is 9.21 Å². The Labute approximate surface area is 166 Å². The Morgan fingerprint density at radius 1 is 1.11 bits per heavy atom. The molecule has 0 saturated carbocycles. The van der Waals surface area contributed by atoms with Crippen LogP contribution in [0.4, 0.5) is 5.69 Å². The van der Waals surface area contributed by atoms with E-state index in [1.165, 1.54) is 6.08 Å². The van der Waals surface area contributed by atoms with Crippen LogP contribution in [-0.2, 0) is 4.79 Å². The lowest BCUT2D eigenvalue weighted by Crippen LogP contribution is -2.14. The predicted octanol–water partition coefficient (Wildman–Crippen LogP) is 5.87. The van der Waals surface area contributed by atoms with Gasteiger partial charge in [-0.3, -0.25) is 4.79 Å². The molecule has 0 unspecified atom stereocenters. The first-order chi connectivity index (χ1) is 13.0. The van der Waals surface area contributed by atoms with Gasteiger partial charge in [0.25, 0.3) is 5.91 Å². The van der Waals surface area contributed by atoms with E-state index in [1.54, 1.807) is 6.07 Å². The van der Waals surface area contributed by atoms with E-state index in [1.807, 2.05) is 68.4 Å². The van der Waals surface area contributed by atoms with E-state index in [-0.39, 0.29) is 5.57 Å². The summed E-state index contributed by atoms with van der Waals surface area (Å²) in [5, 5.41) is 12.2. The molecule has 1 heterocycles. The van der Waals surface area contributed by atoms with Gasteiger partial charge in [0.1, 0.15) is 23.2 Å². The van der Waals surface area contributed by atoms with Gasteiger partial charge in [0.2, 0.25) is 0 Å². The second-order valence-corrected chi connectivity index (χ2v) is 7.07. The van der Waals surface area contributed by atoms with Crippen molar-refractivity contribution in [2.45, 2.75) is 13.8 Å². The summed E-state index contributed by atoms with van der Waals surface area (Å²) in [4.78, 5) is 12.5. The van der Waals surface area contributed by atoms with Crippen molar-refractivity contribution in [3.05, 3.63) is 81.5 Å². The third-order valence-electron chi connectivity index (χ3n) is 4.04. The third-order valence-corrected chi connectivity index (χ3v) is 4.57. The molecule has 0 spiro atoms. The first kappa shape index (κ1) is 18.7. The Morgan fingerprint density at radius 3 is 2.52 bits per heavy atom. The van der Waals surface area contributed by atoms with Crippen molar-refractivity contribution in [3.8, 4) is 17.4 Å². The summed E-state index contributed by atoms with van der Waals surface area (Å²) in [7, 11) is 0. The average molecular weight is 421 g/mol. The number of aryl methyl sites for hydroxylation is 2. The smallest absolute Gasteiger partial charge is 0.266 e. The number of nitriles is 1. The SMILES string of the molecule is Cc1ccc(NC(=O)/C(C#N)=C/c2ccc(-c3ccc(Br)cc3)o2)c(C)c1. The molecule has 5 heteroatoms. The fraction of sp³-hybridized carbons (Fsp3) is 0.0909. The maximum Gasteiger partial charge on any atom is 0.266 e. The summed E-state index contributed by atoms with van der Waals surface area (Å²) < 4.78 is 6.74. The Morgan fingerprint density at radius 2 is 1.85 bits per heavy atom. The number of nitrogens with one attached hydrogen (secondary N) is 1. The number of amides is 1. The van der Waals surface area contributed by atoms with E-state index in [0.717, 1.165) is 21.2 Å². The van der Waals surface area contributed by atoms with Crippen LogP contribution in [-0.4, -0.2) is 5.91 Å². The van der Waals surface area contributed by atoms with Crippen LogP contribution in [0.3, 0.4) is 0 Å². The van der Waals surface area contributed by atoms with Gasteiger partial charge in [-0.1, -0.05) is 45.8 Å². The second-order valence-electron chi connectivity index (χ2n) is 6.15. The van der Waals surface area contributed by atoms with Gasteiger partial charge in [0.05, 0.1) is 0 Å². The maximum absolute atomic E-state index is 12.5. The van der Waals surface area contributed by atoms with E-state index >= 15 is 0 Å². The van der Waals surface area contributed by atoms with Gasteiger partial charge in [-0.15, -0.1) is 0 Å². The van der Waals surface area contributed by atoms with Crippen molar-refractivity contribution in [3.63, 3.8) is 0 Å². The highest BCUT2D eigenvalue weighted by molar-refractivity contribution is 9.10. The number of anilines is 1. The molecule has 0 aliphatic heterocycles. The first-order valence-electron chi connectivity index (χ1n) is 8.32. The molecule has 4 nitrogen and oxygen atoms in total. The fourth-order valence-electron chi connectivity index (χ4n) is 2.63. The number of nitrogens with zero attached hydrogens (tertiary/aromatic N) is 1. The number of hydrogen-bond donors (Lipinski definition) is 1. The number of carbonyl (C=O) groups is 1. The van der Waals surface area contributed by atoms with Crippen molar-refractivity contribution in [2.75, 3.05) is 5.32 Å². The highest BCUT2D eigenvalue weighted by atomic mass is 79.9. The van der Waals surface area contributed by atoms with Gasteiger partial charge in [-0.05, 0) is 49.7 Å². The summed E-state index contributed by atoms with van der Waals surface area (Å²) in [5.74, 6) is 0.645. The van der Waals surface area contributed by atoms with Crippen LogP contribution in [0.1, 0.15) is 16.9 Å². The molecule has 2 aromatic carbocycles. The van der Waals surface area contributed by atoms with Crippen LogP contribution in [0.5, 0.6) is 0 Å². The first-order valence-corrected chi connectivity index (χ1v) is 9.12. The molecule has 3 aromatic rings. The molecule has 27 heavy (non-hydrogen) atoms. The molecular formula is C22H17BrN2O2. The topological polar surface area (TPSA) is 66.0 Å². The molecule has 0 atom stereocenters. The average Bonchev–Trinajstić information content (AvgIpc) is 3.11. The Kier molecular flexibility index (Phi) is 5.58. The van der Waals surface area contributed by atoms with Gasteiger partial charge in [-0.25, -0.2) is 0 Å². The van der Waals surface area contributed by atoms with Crippen LogP contribution in [0.2, 0.25) is 0 Å². The molecule has 134 valence electrons. The van der Waals surface area contributed by atoms with E-state index in [9.17, 15) is 10.1 Å². The zero-order chi connectivity index (χ0) is 19.4. The molecule has 0 radical (unpaired) electrons. The molecule has 0 aliphatic carbocycles. The number of furan rings is 1. The number of hydrogen-bond acceptors (Lipinski definition) is 3. The molecule has 1 N–H and O–H groups in total. The Bertz CT molecular complexity index is 1060. The summed E-state index contributed by atoms with van der Waals surface area (Å²) in [6, 6.07) is 18.9. The zero-order valence-electron chi connectivity index (χ0n) is 14.9. The molecule has 1 amide bonds. The highest BCUT2D eigenvalue weighted by Gasteiger charge is 2.12. The Hall–Kier alpha value is -3.10. The van der Waals surface area contributed by atoms with Crippen molar-refractivity contribution in [1.82, 2.24) is 0 Å². The monoisotopic (exact) mass is 420 g/mol. The van der Waals surface area contributed by atoms with Gasteiger partial charge in [0, 0.05) is 21.8 Å².